The van der Waals surface area contributed by atoms with Crippen LogP contribution in [0, 0.1) is 6.92 Å². The maximum Gasteiger partial charge on any atom is 0.338 e. The smallest absolute Gasteiger partial charge is 0.338 e. The standard InChI is InChI=1S/C16H18O4/c1-4-19-16(18)7-5-6-15(20-13(3)17)14-10-8-12(2)9-11-14/h6-11,15H,4H2,1-3H3. The highest BCUT2D eigenvalue weighted by Crippen LogP contribution is 2.19. The second-order valence-corrected chi connectivity index (χ2v) is 4.17. The Labute approximate surface area is 118 Å². The molecule has 1 atom stereocenters. The molecular weight excluding hydrogens is 256 g/mol. The summed E-state index contributed by atoms with van der Waals surface area (Å²) in [6, 6.07) is 7.58. The summed E-state index contributed by atoms with van der Waals surface area (Å²) in [5.74, 6) is -0.876. The molecule has 106 valence electrons. The first-order valence-corrected chi connectivity index (χ1v) is 6.36. The van der Waals surface area contributed by atoms with Crippen molar-refractivity contribution in [2.75, 3.05) is 6.61 Å². The Balaban J connectivity index is 2.90. The molecule has 0 spiro atoms. The van der Waals surface area contributed by atoms with Gasteiger partial charge in [-0.05, 0) is 19.4 Å². The maximum atomic E-state index is 11.2. The van der Waals surface area contributed by atoms with E-state index in [4.69, 9.17) is 9.47 Å². The van der Waals surface area contributed by atoms with Crippen molar-refractivity contribution in [3.05, 3.63) is 53.3 Å². The fourth-order valence-electron chi connectivity index (χ4n) is 1.52. The van der Waals surface area contributed by atoms with Gasteiger partial charge in [0.1, 0.15) is 0 Å². The van der Waals surface area contributed by atoms with Crippen LogP contribution in [0.2, 0.25) is 0 Å². The molecule has 0 fully saturated rings. The predicted octanol–water partition coefficient (Wildman–Crippen LogP) is 2.87. The number of benzene rings is 1. The third kappa shape index (κ3) is 5.55. The zero-order valence-corrected chi connectivity index (χ0v) is 11.9. The second kappa shape index (κ2) is 7.97. The summed E-state index contributed by atoms with van der Waals surface area (Å²) >= 11 is 0. The van der Waals surface area contributed by atoms with E-state index < -0.39 is 18.0 Å². The first-order valence-electron chi connectivity index (χ1n) is 6.36. The number of aryl methyl sites for hydroxylation is 1. The van der Waals surface area contributed by atoms with Crippen LogP contribution >= 0.6 is 0 Å². The van der Waals surface area contributed by atoms with Gasteiger partial charge in [-0.25, -0.2) is 4.79 Å². The number of esters is 2. The van der Waals surface area contributed by atoms with Crippen molar-refractivity contribution in [3.63, 3.8) is 0 Å². The molecule has 0 amide bonds. The highest BCUT2D eigenvalue weighted by Gasteiger charge is 2.10. The summed E-state index contributed by atoms with van der Waals surface area (Å²) in [4.78, 5) is 22.3. The maximum absolute atomic E-state index is 11.2. The third-order valence-electron chi connectivity index (χ3n) is 2.43. The lowest BCUT2D eigenvalue weighted by Gasteiger charge is -2.12. The molecule has 0 aliphatic carbocycles. The highest BCUT2D eigenvalue weighted by molar-refractivity contribution is 5.81. The van der Waals surface area contributed by atoms with E-state index in [1.54, 1.807) is 6.92 Å². The molecule has 0 heterocycles. The molecule has 0 aromatic heterocycles. The van der Waals surface area contributed by atoms with Crippen molar-refractivity contribution in [2.45, 2.75) is 26.9 Å². The summed E-state index contributed by atoms with van der Waals surface area (Å²) in [7, 11) is 0. The molecule has 1 aromatic carbocycles. The molecule has 0 bridgehead atoms. The van der Waals surface area contributed by atoms with E-state index in [1.165, 1.54) is 19.1 Å². The minimum Gasteiger partial charge on any atom is -0.462 e. The topological polar surface area (TPSA) is 52.6 Å². The van der Waals surface area contributed by atoms with Crippen LogP contribution in [0.15, 0.2) is 42.1 Å². The summed E-state index contributed by atoms with van der Waals surface area (Å²) in [5.41, 5.74) is 4.61. The summed E-state index contributed by atoms with van der Waals surface area (Å²) in [6.45, 7) is 5.34. The zero-order chi connectivity index (χ0) is 15.0. The molecule has 0 aliphatic rings. The van der Waals surface area contributed by atoms with E-state index in [-0.39, 0.29) is 0 Å². The van der Waals surface area contributed by atoms with Gasteiger partial charge in [-0.2, -0.15) is 0 Å². The minimum atomic E-state index is -0.571. The number of hydrogen-bond donors (Lipinski definition) is 0. The van der Waals surface area contributed by atoms with Crippen molar-refractivity contribution >= 4 is 11.9 Å². The summed E-state index contributed by atoms with van der Waals surface area (Å²) in [6.07, 6.45) is 2.12. The molecular formula is C16H18O4. The number of carbonyl (C=O) groups is 2. The van der Waals surface area contributed by atoms with E-state index in [9.17, 15) is 9.59 Å². The second-order valence-electron chi connectivity index (χ2n) is 4.17. The number of rotatable bonds is 5. The van der Waals surface area contributed by atoms with Gasteiger partial charge in [0.25, 0.3) is 0 Å². The Morgan fingerprint density at radius 2 is 1.95 bits per heavy atom. The van der Waals surface area contributed by atoms with Crippen molar-refractivity contribution in [1.29, 1.82) is 0 Å². The number of carbonyl (C=O) groups excluding carboxylic acids is 2. The van der Waals surface area contributed by atoms with E-state index in [0.717, 1.165) is 11.1 Å². The molecule has 4 heteroatoms. The van der Waals surface area contributed by atoms with Gasteiger partial charge >= 0.3 is 11.9 Å². The third-order valence-corrected chi connectivity index (χ3v) is 2.43. The summed E-state index contributed by atoms with van der Waals surface area (Å²) < 4.78 is 9.93. The van der Waals surface area contributed by atoms with Crippen LogP contribution in [0.3, 0.4) is 0 Å². The van der Waals surface area contributed by atoms with Gasteiger partial charge in [0.2, 0.25) is 0 Å². The molecule has 0 saturated heterocycles. The van der Waals surface area contributed by atoms with Crippen LogP contribution < -0.4 is 0 Å². The highest BCUT2D eigenvalue weighted by atomic mass is 16.5. The molecule has 0 aliphatic heterocycles. The van der Waals surface area contributed by atoms with Crippen LogP contribution in [0.1, 0.15) is 31.1 Å². The lowest BCUT2D eigenvalue weighted by atomic mass is 10.1. The Hall–Kier alpha value is -2.32. The van der Waals surface area contributed by atoms with Crippen LogP contribution in [0.5, 0.6) is 0 Å². The quantitative estimate of drug-likeness (QED) is 0.470. The fraction of sp³-hybridized carbons (Fsp3) is 0.312. The normalized spacial score (nSPS) is 10.9. The van der Waals surface area contributed by atoms with Crippen LogP contribution in [-0.2, 0) is 19.1 Å². The van der Waals surface area contributed by atoms with E-state index >= 15 is 0 Å². The van der Waals surface area contributed by atoms with Crippen LogP contribution in [0.25, 0.3) is 0 Å². The van der Waals surface area contributed by atoms with E-state index in [0.29, 0.717) is 6.61 Å². The summed E-state index contributed by atoms with van der Waals surface area (Å²) in [5, 5.41) is 0. The van der Waals surface area contributed by atoms with Gasteiger partial charge in [-0.1, -0.05) is 29.8 Å². The number of hydrogen-bond acceptors (Lipinski definition) is 4. The largest absolute Gasteiger partial charge is 0.462 e. The van der Waals surface area contributed by atoms with Crippen molar-refractivity contribution in [1.82, 2.24) is 0 Å². The van der Waals surface area contributed by atoms with E-state index in [1.807, 2.05) is 31.2 Å². The Kier molecular flexibility index (Phi) is 6.27. The van der Waals surface area contributed by atoms with Crippen molar-refractivity contribution in [2.24, 2.45) is 0 Å². The molecule has 1 rings (SSSR count). The van der Waals surface area contributed by atoms with Crippen LogP contribution in [-0.4, -0.2) is 18.5 Å². The van der Waals surface area contributed by atoms with Gasteiger partial charge in [-0.3, -0.25) is 4.79 Å². The lowest BCUT2D eigenvalue weighted by Crippen LogP contribution is -2.06. The minimum absolute atomic E-state index is 0.308. The monoisotopic (exact) mass is 274 g/mol. The van der Waals surface area contributed by atoms with Gasteiger partial charge in [0, 0.05) is 13.0 Å². The van der Waals surface area contributed by atoms with Gasteiger partial charge < -0.3 is 9.47 Å². The van der Waals surface area contributed by atoms with Gasteiger partial charge in [0.15, 0.2) is 6.10 Å². The Morgan fingerprint density at radius 1 is 1.30 bits per heavy atom. The molecule has 0 N–H and O–H groups in total. The predicted molar refractivity (Wildman–Crippen MR) is 75.0 cm³/mol. The molecule has 1 unspecified atom stereocenters. The average Bonchev–Trinajstić information content (AvgIpc) is 2.38. The molecule has 1 aromatic rings. The van der Waals surface area contributed by atoms with Gasteiger partial charge in [0.05, 0.1) is 12.7 Å². The fourth-order valence-corrected chi connectivity index (χ4v) is 1.52. The lowest BCUT2D eigenvalue weighted by molar-refractivity contribution is -0.144. The molecule has 4 nitrogen and oxygen atoms in total. The Bertz CT molecular complexity index is 522. The SMILES string of the molecule is CCOC(=O)C=C=CC(OC(C)=O)c1ccc(C)cc1. The van der Waals surface area contributed by atoms with Crippen LogP contribution in [0.4, 0.5) is 0 Å². The molecule has 20 heavy (non-hydrogen) atoms. The Morgan fingerprint density at radius 3 is 2.50 bits per heavy atom. The molecule has 0 radical (unpaired) electrons. The number of ether oxygens (including phenoxy) is 2. The average molecular weight is 274 g/mol. The first kappa shape index (κ1) is 15.7. The zero-order valence-electron chi connectivity index (χ0n) is 11.9. The van der Waals surface area contributed by atoms with E-state index in [2.05, 4.69) is 5.73 Å². The van der Waals surface area contributed by atoms with Gasteiger partial charge in [-0.15, -0.1) is 5.73 Å². The molecule has 0 saturated carbocycles. The van der Waals surface area contributed by atoms with Crippen molar-refractivity contribution < 1.29 is 19.1 Å². The first-order chi connectivity index (χ1) is 9.52. The van der Waals surface area contributed by atoms with Crippen molar-refractivity contribution in [3.8, 4) is 0 Å².